The first kappa shape index (κ1) is 21.9. The molecule has 2 amide bonds. The fraction of sp³-hybridized carbons (Fsp3) is 0.739. The van der Waals surface area contributed by atoms with E-state index in [1.165, 1.54) is 12.8 Å². The average Bonchev–Trinajstić information content (AvgIpc) is 3.44. The topological polar surface area (TPSA) is 57.0 Å². The monoisotopic (exact) mass is 403 g/mol. The number of furan rings is 1. The Hall–Kier alpha value is -1.82. The summed E-state index contributed by atoms with van der Waals surface area (Å²) in [6.45, 7) is 7.71. The van der Waals surface area contributed by atoms with Crippen LogP contribution in [-0.4, -0.2) is 65.8 Å². The number of amides is 2. The summed E-state index contributed by atoms with van der Waals surface area (Å²) in [6, 6.07) is 3.69. The fourth-order valence-corrected chi connectivity index (χ4v) is 4.99. The van der Waals surface area contributed by atoms with Gasteiger partial charge in [0.15, 0.2) is 0 Å². The molecule has 1 aliphatic heterocycles. The van der Waals surface area contributed by atoms with Gasteiger partial charge in [-0.2, -0.15) is 0 Å². The first-order valence-corrected chi connectivity index (χ1v) is 11.3. The molecule has 0 spiro atoms. The Morgan fingerprint density at radius 1 is 1.14 bits per heavy atom. The highest BCUT2D eigenvalue weighted by Gasteiger charge is 2.39. The molecule has 1 unspecified atom stereocenters. The van der Waals surface area contributed by atoms with Crippen molar-refractivity contribution < 1.29 is 14.0 Å². The largest absolute Gasteiger partial charge is 0.467 e. The van der Waals surface area contributed by atoms with Crippen LogP contribution >= 0.6 is 0 Å². The third kappa shape index (κ3) is 5.21. The Bertz CT molecular complexity index is 642. The third-order valence-corrected chi connectivity index (χ3v) is 6.80. The van der Waals surface area contributed by atoms with Gasteiger partial charge in [-0.1, -0.05) is 26.7 Å². The van der Waals surface area contributed by atoms with E-state index < -0.39 is 0 Å². The molecule has 0 aromatic carbocycles. The number of hydrogen-bond acceptors (Lipinski definition) is 4. The van der Waals surface area contributed by atoms with Gasteiger partial charge in [-0.05, 0) is 43.7 Å². The zero-order chi connectivity index (χ0) is 20.8. The standard InChI is InChI=1S/C23H37N3O3/c1-4-18(5-2)22(27)26-14-12-25(13-15-26)21(19-9-6-7-10-19)23(28)24(3)17-20-11-8-16-29-20/h8,11,16,18-19,21H,4-7,9-10,12-15,17H2,1-3H3. The van der Waals surface area contributed by atoms with E-state index in [1.807, 2.05) is 29.0 Å². The number of carbonyl (C=O) groups is 2. The van der Waals surface area contributed by atoms with Crippen LogP contribution < -0.4 is 0 Å². The summed E-state index contributed by atoms with van der Waals surface area (Å²) in [6.07, 6.45) is 8.12. The zero-order valence-corrected chi connectivity index (χ0v) is 18.3. The number of nitrogens with zero attached hydrogens (tertiary/aromatic N) is 3. The van der Waals surface area contributed by atoms with E-state index in [0.717, 1.165) is 57.6 Å². The van der Waals surface area contributed by atoms with Crippen LogP contribution in [0.25, 0.3) is 0 Å². The van der Waals surface area contributed by atoms with E-state index in [4.69, 9.17) is 4.42 Å². The minimum atomic E-state index is -0.0807. The molecule has 2 fully saturated rings. The maximum absolute atomic E-state index is 13.4. The summed E-state index contributed by atoms with van der Waals surface area (Å²) in [5.41, 5.74) is 0. The van der Waals surface area contributed by atoms with Crippen molar-refractivity contribution in [3.63, 3.8) is 0 Å². The zero-order valence-electron chi connectivity index (χ0n) is 18.3. The second kappa shape index (κ2) is 10.3. The van der Waals surface area contributed by atoms with Crippen LogP contribution in [0, 0.1) is 11.8 Å². The normalized spacial score (nSPS) is 19.7. The lowest BCUT2D eigenvalue weighted by molar-refractivity contribution is -0.142. The summed E-state index contributed by atoms with van der Waals surface area (Å²) in [4.78, 5) is 32.3. The molecule has 1 aromatic rings. The van der Waals surface area contributed by atoms with Crippen LogP contribution in [0.15, 0.2) is 22.8 Å². The first-order valence-electron chi connectivity index (χ1n) is 11.3. The lowest BCUT2D eigenvalue weighted by atomic mass is 9.94. The molecule has 2 aliphatic rings. The highest BCUT2D eigenvalue weighted by molar-refractivity contribution is 5.82. The van der Waals surface area contributed by atoms with Gasteiger partial charge in [0.1, 0.15) is 5.76 Å². The Morgan fingerprint density at radius 2 is 1.79 bits per heavy atom. The minimum absolute atomic E-state index is 0.0807. The van der Waals surface area contributed by atoms with E-state index in [9.17, 15) is 9.59 Å². The maximum Gasteiger partial charge on any atom is 0.240 e. The van der Waals surface area contributed by atoms with Gasteiger partial charge in [0.2, 0.25) is 11.8 Å². The van der Waals surface area contributed by atoms with Gasteiger partial charge in [-0.3, -0.25) is 14.5 Å². The number of piperazine rings is 1. The van der Waals surface area contributed by atoms with Crippen LogP contribution in [0.2, 0.25) is 0 Å². The lowest BCUT2D eigenvalue weighted by Gasteiger charge is -2.42. The molecule has 1 saturated carbocycles. The van der Waals surface area contributed by atoms with Crippen LogP contribution in [-0.2, 0) is 16.1 Å². The van der Waals surface area contributed by atoms with Crippen LogP contribution in [0.3, 0.4) is 0 Å². The van der Waals surface area contributed by atoms with Crippen LogP contribution in [0.4, 0.5) is 0 Å². The molecule has 3 rings (SSSR count). The fourth-order valence-electron chi connectivity index (χ4n) is 4.99. The summed E-state index contributed by atoms with van der Waals surface area (Å²) < 4.78 is 5.44. The van der Waals surface area contributed by atoms with E-state index in [1.54, 1.807) is 6.26 Å². The maximum atomic E-state index is 13.4. The predicted octanol–water partition coefficient (Wildman–Crippen LogP) is 3.38. The van der Waals surface area contributed by atoms with Crippen molar-refractivity contribution in [3.8, 4) is 0 Å². The minimum Gasteiger partial charge on any atom is -0.467 e. The lowest BCUT2D eigenvalue weighted by Crippen LogP contribution is -2.58. The molecule has 0 bridgehead atoms. The molecule has 1 aliphatic carbocycles. The van der Waals surface area contributed by atoms with Crippen molar-refractivity contribution >= 4 is 11.8 Å². The van der Waals surface area contributed by atoms with Gasteiger partial charge in [0.05, 0.1) is 18.8 Å². The second-order valence-electron chi connectivity index (χ2n) is 8.64. The number of rotatable bonds is 8. The van der Waals surface area contributed by atoms with Gasteiger partial charge < -0.3 is 14.2 Å². The van der Waals surface area contributed by atoms with E-state index in [2.05, 4.69) is 18.7 Å². The summed E-state index contributed by atoms with van der Waals surface area (Å²) in [7, 11) is 1.87. The average molecular weight is 404 g/mol. The van der Waals surface area contributed by atoms with Gasteiger partial charge in [-0.25, -0.2) is 0 Å². The molecule has 6 nitrogen and oxygen atoms in total. The quantitative estimate of drug-likeness (QED) is 0.668. The first-order chi connectivity index (χ1) is 14.0. The van der Waals surface area contributed by atoms with Crippen molar-refractivity contribution in [2.24, 2.45) is 11.8 Å². The van der Waals surface area contributed by atoms with Crippen LogP contribution in [0.5, 0.6) is 0 Å². The van der Waals surface area contributed by atoms with Gasteiger partial charge in [0.25, 0.3) is 0 Å². The second-order valence-corrected chi connectivity index (χ2v) is 8.64. The van der Waals surface area contributed by atoms with Gasteiger partial charge in [0, 0.05) is 39.1 Å². The Kier molecular flexibility index (Phi) is 7.76. The molecule has 0 radical (unpaired) electrons. The highest BCUT2D eigenvalue weighted by Crippen LogP contribution is 2.32. The Balaban J connectivity index is 1.65. The highest BCUT2D eigenvalue weighted by atomic mass is 16.3. The molecular formula is C23H37N3O3. The van der Waals surface area contributed by atoms with Crippen molar-refractivity contribution in [3.05, 3.63) is 24.2 Å². The molecule has 162 valence electrons. The molecule has 1 aromatic heterocycles. The van der Waals surface area contributed by atoms with E-state index in [-0.39, 0.29) is 23.8 Å². The summed E-state index contributed by atoms with van der Waals surface area (Å²) in [5, 5.41) is 0. The van der Waals surface area contributed by atoms with Gasteiger partial charge >= 0.3 is 0 Å². The summed E-state index contributed by atoms with van der Waals surface area (Å²) >= 11 is 0. The van der Waals surface area contributed by atoms with E-state index >= 15 is 0 Å². The molecule has 1 atom stereocenters. The Morgan fingerprint density at radius 3 is 2.34 bits per heavy atom. The number of hydrogen-bond donors (Lipinski definition) is 0. The molecule has 6 heteroatoms. The SMILES string of the molecule is CCC(CC)C(=O)N1CCN(C(C(=O)N(C)Cc2ccco2)C2CCCC2)CC1. The van der Waals surface area contributed by atoms with Gasteiger partial charge in [-0.15, -0.1) is 0 Å². The molecule has 29 heavy (non-hydrogen) atoms. The molecular weight excluding hydrogens is 366 g/mol. The van der Waals surface area contributed by atoms with Crippen molar-refractivity contribution in [1.82, 2.24) is 14.7 Å². The van der Waals surface area contributed by atoms with Crippen molar-refractivity contribution in [2.45, 2.75) is 65.0 Å². The van der Waals surface area contributed by atoms with E-state index in [0.29, 0.717) is 12.5 Å². The number of carbonyl (C=O) groups excluding carboxylic acids is 2. The smallest absolute Gasteiger partial charge is 0.240 e. The molecule has 0 N–H and O–H groups in total. The Labute approximate surface area is 175 Å². The third-order valence-electron chi connectivity index (χ3n) is 6.80. The molecule has 2 heterocycles. The predicted molar refractivity (Wildman–Crippen MR) is 113 cm³/mol. The molecule has 1 saturated heterocycles. The summed E-state index contributed by atoms with van der Waals surface area (Å²) in [5.74, 6) is 1.84. The van der Waals surface area contributed by atoms with Crippen molar-refractivity contribution in [2.75, 3.05) is 33.2 Å². The number of likely N-dealkylation sites (N-methyl/N-ethyl adjacent to an activating group) is 1. The van der Waals surface area contributed by atoms with Crippen LogP contribution in [0.1, 0.15) is 58.1 Å². The van der Waals surface area contributed by atoms with Crippen molar-refractivity contribution in [1.29, 1.82) is 0 Å².